The number of aromatic nitrogens is 4. The molecule has 1 amide bonds. The summed E-state index contributed by atoms with van der Waals surface area (Å²) in [5, 5.41) is 9.06. The molecule has 0 radical (unpaired) electrons. The zero-order valence-electron chi connectivity index (χ0n) is 39.2. The van der Waals surface area contributed by atoms with Crippen LogP contribution >= 0.6 is 15.9 Å². The number of halogens is 1. The Morgan fingerprint density at radius 2 is 0.771 bits per heavy atom. The molecule has 6 aromatic carbocycles. The van der Waals surface area contributed by atoms with Crippen LogP contribution in [0.3, 0.4) is 0 Å². The second kappa shape index (κ2) is 21.1. The Morgan fingerprint density at radius 3 is 1.06 bits per heavy atom. The van der Waals surface area contributed by atoms with Gasteiger partial charge >= 0.3 is 11.9 Å². The van der Waals surface area contributed by atoms with Crippen molar-refractivity contribution in [2.75, 3.05) is 14.2 Å². The van der Waals surface area contributed by atoms with Gasteiger partial charge in [-0.05, 0) is 45.5 Å². The summed E-state index contributed by atoms with van der Waals surface area (Å²) in [6.45, 7) is 0. The Hall–Kier alpha value is -7.41. The predicted molar refractivity (Wildman–Crippen MR) is 272 cm³/mol. The number of ether oxygens (including phenoxy) is 2. The fourth-order valence-corrected chi connectivity index (χ4v) is 10.7. The van der Waals surface area contributed by atoms with Crippen LogP contribution < -0.4 is 5.48 Å². The maximum atomic E-state index is 12.2. The summed E-state index contributed by atoms with van der Waals surface area (Å²) in [4.78, 5) is 45.0. The molecule has 9 atom stereocenters. The quantitative estimate of drug-likeness (QED) is 0.0742. The van der Waals surface area contributed by atoms with Gasteiger partial charge in [0.05, 0.1) is 32.0 Å². The van der Waals surface area contributed by atoms with Crippen LogP contribution in [-0.2, 0) is 38.0 Å². The first kappa shape index (κ1) is 47.6. The van der Waals surface area contributed by atoms with Crippen LogP contribution in [0.1, 0.15) is 68.9 Å². The normalized spacial score (nSPS) is 22.5. The van der Waals surface area contributed by atoms with Crippen LogP contribution in [-0.4, -0.2) is 56.4 Å². The molecule has 8 aromatic rings. The van der Waals surface area contributed by atoms with Gasteiger partial charge in [0, 0.05) is 90.0 Å². The number of imidazole rings is 2. The third-order valence-corrected chi connectivity index (χ3v) is 14.5. The van der Waals surface area contributed by atoms with Crippen molar-refractivity contribution in [3.8, 4) is 22.8 Å². The summed E-state index contributed by atoms with van der Waals surface area (Å²) in [5.41, 5.74) is 10.9. The van der Waals surface area contributed by atoms with Crippen LogP contribution in [0.4, 0.5) is 0 Å². The van der Waals surface area contributed by atoms with Gasteiger partial charge in [-0.15, -0.1) is 0 Å². The van der Waals surface area contributed by atoms with Gasteiger partial charge in [0.25, 0.3) is 0 Å². The number of methoxy groups -OCH3 is 2. The van der Waals surface area contributed by atoms with Crippen LogP contribution in [0.5, 0.6) is 0 Å². The molecule has 354 valence electrons. The largest absolute Gasteiger partial charge is 0.469 e. The number of nitrogens with zero attached hydrogens (tertiary/aromatic N) is 4. The molecule has 11 nitrogen and oxygen atoms in total. The summed E-state index contributed by atoms with van der Waals surface area (Å²) in [5.74, 6) is 1.82. The highest BCUT2D eigenvalue weighted by atomic mass is 79.9. The van der Waals surface area contributed by atoms with Gasteiger partial charge in [-0.3, -0.25) is 19.6 Å². The maximum absolute atomic E-state index is 12.2. The van der Waals surface area contributed by atoms with E-state index in [9.17, 15) is 14.4 Å². The first-order chi connectivity index (χ1) is 34.1. The first-order valence-electron chi connectivity index (χ1n) is 23.3. The Kier molecular flexibility index (Phi) is 14.3. The van der Waals surface area contributed by atoms with E-state index in [1.807, 2.05) is 132 Å². The first-order valence-corrected chi connectivity index (χ1v) is 24.1. The van der Waals surface area contributed by atoms with Crippen molar-refractivity contribution >= 4 is 33.8 Å². The van der Waals surface area contributed by atoms with E-state index >= 15 is 0 Å². The molecule has 3 aliphatic rings. The molecule has 11 rings (SSSR count). The van der Waals surface area contributed by atoms with Crippen molar-refractivity contribution < 1.29 is 29.1 Å². The summed E-state index contributed by atoms with van der Waals surface area (Å²) >= 11 is 3.44. The number of nitrogens with one attached hydrogen (secondary N) is 1. The molecule has 2 N–H and O–H groups in total. The van der Waals surface area contributed by atoms with E-state index in [0.717, 1.165) is 38.4 Å². The minimum atomic E-state index is -0.327. The van der Waals surface area contributed by atoms with E-state index < -0.39 is 0 Å². The minimum absolute atomic E-state index is 0.0661. The van der Waals surface area contributed by atoms with Gasteiger partial charge in [0.15, 0.2) is 0 Å². The van der Waals surface area contributed by atoms with Gasteiger partial charge in [0.2, 0.25) is 5.91 Å². The molecule has 3 fully saturated rings. The highest BCUT2D eigenvalue weighted by Crippen LogP contribution is 2.62. The molecule has 0 bridgehead atoms. The molecule has 0 saturated heterocycles. The van der Waals surface area contributed by atoms with Crippen molar-refractivity contribution in [2.45, 2.75) is 35.5 Å². The van der Waals surface area contributed by atoms with Gasteiger partial charge in [-0.1, -0.05) is 168 Å². The SMILES string of the molecule is COC(=O)[C@@H]1[C@H](c2ccccc2)[C@H]1c1ccc(-c2nccn2C)cc1.COC(=O)[C@@H]1[C@H](c2ccccc2)[C@H]1c1ccc(Br)cc1.Cn1ccnc1-c1ccc([C@H]2[C@H](C(=O)NO)[C@@H]2c2ccccc2)cc1. The molecule has 0 unspecified atom stereocenters. The zero-order valence-corrected chi connectivity index (χ0v) is 40.8. The highest BCUT2D eigenvalue weighted by Gasteiger charge is 2.58. The van der Waals surface area contributed by atoms with Crippen molar-refractivity contribution in [3.05, 3.63) is 226 Å². The number of carbonyl (C=O) groups excluding carboxylic acids is 3. The molecule has 2 heterocycles. The zero-order chi connectivity index (χ0) is 48.9. The van der Waals surface area contributed by atoms with Crippen molar-refractivity contribution in [2.24, 2.45) is 31.8 Å². The lowest BCUT2D eigenvalue weighted by molar-refractivity contribution is -0.143. The Morgan fingerprint density at radius 1 is 0.471 bits per heavy atom. The molecular weight excluding hydrogens is 943 g/mol. The van der Waals surface area contributed by atoms with E-state index in [2.05, 4.69) is 98.7 Å². The summed E-state index contributed by atoms with van der Waals surface area (Å²) in [6.07, 6.45) is 7.42. The van der Waals surface area contributed by atoms with Gasteiger partial charge in [-0.25, -0.2) is 15.4 Å². The van der Waals surface area contributed by atoms with E-state index in [0.29, 0.717) is 0 Å². The van der Waals surface area contributed by atoms with Crippen LogP contribution in [0.25, 0.3) is 22.8 Å². The van der Waals surface area contributed by atoms with Crippen LogP contribution in [0.15, 0.2) is 193 Å². The predicted octanol–water partition coefficient (Wildman–Crippen LogP) is 11.0. The summed E-state index contributed by atoms with van der Waals surface area (Å²) in [6, 6.07) is 55.1. The fourth-order valence-electron chi connectivity index (χ4n) is 10.4. The molecule has 70 heavy (non-hydrogen) atoms. The standard InChI is InChI=1S/C21H20N2O2.C20H19N3O2.C17H15BrO2/c1-23-13-12-22-20(23)16-10-8-15(9-11-16)18-17(19(18)21(24)25-2)14-6-4-3-5-7-14;1-23-12-11-21-19(23)15-9-7-14(8-10-15)17-16(18(17)20(24)22-25)13-5-3-2-4-6-13;1-20-17(19)16-14(11-5-3-2-4-6-11)15(16)12-7-9-13(18)10-8-12/h3-13,17-19H,1-2H3;2-12,16-18,25H,1H3,(H,22,24);2-10,14-16H,1H3/t17-,18-,19-;16-,17-,18-;14-,15-,16-/m111/s1. The van der Waals surface area contributed by atoms with Crippen LogP contribution in [0.2, 0.25) is 0 Å². The van der Waals surface area contributed by atoms with Crippen molar-refractivity contribution in [1.29, 1.82) is 0 Å². The minimum Gasteiger partial charge on any atom is -0.469 e. The molecule has 3 aliphatic carbocycles. The molecular formula is C58H54BrN5O6. The topological polar surface area (TPSA) is 138 Å². The summed E-state index contributed by atoms with van der Waals surface area (Å²) < 4.78 is 15.0. The highest BCUT2D eigenvalue weighted by molar-refractivity contribution is 9.10. The van der Waals surface area contributed by atoms with Gasteiger partial charge in [-0.2, -0.15) is 0 Å². The lowest BCUT2D eigenvalue weighted by atomic mass is 10.0. The number of esters is 2. The Bertz CT molecular complexity index is 2880. The second-order valence-corrected chi connectivity index (χ2v) is 18.9. The van der Waals surface area contributed by atoms with E-state index in [1.54, 1.807) is 12.4 Å². The molecule has 12 heteroatoms. The molecule has 3 saturated carbocycles. The Labute approximate surface area is 416 Å². The lowest BCUT2D eigenvalue weighted by Crippen LogP contribution is -2.21. The van der Waals surface area contributed by atoms with E-state index in [1.165, 1.54) is 36.5 Å². The second-order valence-electron chi connectivity index (χ2n) is 18.0. The molecule has 0 spiro atoms. The number of hydrogen-bond acceptors (Lipinski definition) is 8. The lowest BCUT2D eigenvalue weighted by Gasteiger charge is -2.05. The smallest absolute Gasteiger partial charge is 0.309 e. The van der Waals surface area contributed by atoms with Crippen molar-refractivity contribution in [3.63, 3.8) is 0 Å². The van der Waals surface area contributed by atoms with E-state index in [-0.39, 0.29) is 71.1 Å². The number of hydroxylamine groups is 1. The Balaban J connectivity index is 0.000000131. The fraction of sp³-hybridized carbons (Fsp3) is 0.224. The van der Waals surface area contributed by atoms with Crippen LogP contribution in [0, 0.1) is 17.8 Å². The van der Waals surface area contributed by atoms with Gasteiger partial charge in [0.1, 0.15) is 11.6 Å². The number of aryl methyl sites for hydroxylation is 2. The number of benzene rings is 6. The molecule has 2 aromatic heterocycles. The average Bonchev–Trinajstić information content (AvgIpc) is 4.37. The average molecular weight is 997 g/mol. The number of rotatable bonds is 11. The van der Waals surface area contributed by atoms with E-state index in [4.69, 9.17) is 14.7 Å². The number of hydrogen-bond donors (Lipinski definition) is 2. The molecule has 0 aliphatic heterocycles. The number of carbonyl (C=O) groups is 3. The third-order valence-electron chi connectivity index (χ3n) is 14.0. The third kappa shape index (κ3) is 10.0. The van der Waals surface area contributed by atoms with Crippen molar-refractivity contribution in [1.82, 2.24) is 24.6 Å². The summed E-state index contributed by atoms with van der Waals surface area (Å²) in [7, 11) is 6.87. The number of amides is 1. The maximum Gasteiger partial charge on any atom is 0.309 e. The monoisotopic (exact) mass is 995 g/mol. The van der Waals surface area contributed by atoms with Gasteiger partial charge < -0.3 is 18.6 Å².